The van der Waals surface area contributed by atoms with E-state index < -0.39 is 0 Å². The zero-order valence-corrected chi connectivity index (χ0v) is 8.12. The van der Waals surface area contributed by atoms with Crippen molar-refractivity contribution in [3.05, 3.63) is 35.5 Å². The van der Waals surface area contributed by atoms with Crippen molar-refractivity contribution in [3.63, 3.8) is 0 Å². The third-order valence-electron chi connectivity index (χ3n) is 1.86. The van der Waals surface area contributed by atoms with Gasteiger partial charge in [-0.15, -0.1) is 11.3 Å². The van der Waals surface area contributed by atoms with Gasteiger partial charge in [0.1, 0.15) is 0 Å². The van der Waals surface area contributed by atoms with E-state index in [0.29, 0.717) is 10.6 Å². The fourth-order valence-corrected chi connectivity index (χ4v) is 2.07. The quantitative estimate of drug-likeness (QED) is 0.763. The van der Waals surface area contributed by atoms with Crippen LogP contribution in [0, 0.1) is 0 Å². The fourth-order valence-electron chi connectivity index (χ4n) is 1.17. The maximum atomic E-state index is 10.6. The van der Waals surface area contributed by atoms with E-state index in [1.54, 1.807) is 12.4 Å². The molecule has 0 unspecified atom stereocenters. The van der Waals surface area contributed by atoms with Gasteiger partial charge >= 0.3 is 0 Å². The summed E-state index contributed by atoms with van der Waals surface area (Å²) in [5.41, 5.74) is 7.22. The molecule has 0 saturated heterocycles. The predicted octanol–water partition coefficient (Wildman–Crippen LogP) is 2.20. The molecule has 0 atom stereocenters. The van der Waals surface area contributed by atoms with Crippen molar-refractivity contribution < 1.29 is 4.79 Å². The number of nitrogens with zero attached hydrogens (tertiary/aromatic N) is 1. The van der Waals surface area contributed by atoms with Gasteiger partial charge < -0.3 is 5.73 Å². The minimum Gasteiger partial charge on any atom is -0.397 e. The minimum atomic E-state index is 0.539. The number of pyridine rings is 1. The third-order valence-corrected chi connectivity index (χ3v) is 2.99. The Morgan fingerprint density at radius 2 is 2.07 bits per heavy atom. The normalized spacial score (nSPS) is 10.0. The van der Waals surface area contributed by atoms with Crippen LogP contribution in [-0.2, 0) is 0 Å². The monoisotopic (exact) mass is 204 g/mol. The lowest BCUT2D eigenvalue weighted by atomic mass is 10.2. The molecule has 2 aromatic rings. The number of carbonyl (C=O) groups is 1. The van der Waals surface area contributed by atoms with Crippen LogP contribution in [0.4, 0.5) is 5.69 Å². The summed E-state index contributed by atoms with van der Waals surface area (Å²) >= 11 is 1.39. The van der Waals surface area contributed by atoms with Crippen LogP contribution in [0.2, 0.25) is 0 Å². The Kier molecular flexibility index (Phi) is 2.28. The van der Waals surface area contributed by atoms with Crippen molar-refractivity contribution in [2.75, 3.05) is 5.73 Å². The molecule has 0 amide bonds. The van der Waals surface area contributed by atoms with E-state index in [9.17, 15) is 4.79 Å². The molecule has 2 heterocycles. The number of aldehydes is 1. The summed E-state index contributed by atoms with van der Waals surface area (Å²) in [7, 11) is 0. The highest BCUT2D eigenvalue weighted by Gasteiger charge is 2.06. The third kappa shape index (κ3) is 1.52. The maximum Gasteiger partial charge on any atom is 0.162 e. The van der Waals surface area contributed by atoms with Crippen LogP contribution in [0.3, 0.4) is 0 Å². The summed E-state index contributed by atoms with van der Waals surface area (Å²) in [5.74, 6) is 0. The molecule has 0 aromatic carbocycles. The summed E-state index contributed by atoms with van der Waals surface area (Å²) in [6, 6.07) is 5.59. The van der Waals surface area contributed by atoms with E-state index in [-0.39, 0.29) is 0 Å². The molecule has 0 aliphatic rings. The second-order valence-electron chi connectivity index (χ2n) is 2.78. The summed E-state index contributed by atoms with van der Waals surface area (Å²) in [6.07, 6.45) is 4.21. The second-order valence-corrected chi connectivity index (χ2v) is 3.87. The molecule has 2 rings (SSSR count). The molecule has 0 bridgehead atoms. The summed E-state index contributed by atoms with van der Waals surface area (Å²) in [4.78, 5) is 16.1. The van der Waals surface area contributed by atoms with E-state index >= 15 is 0 Å². The lowest BCUT2D eigenvalue weighted by Gasteiger charge is -1.93. The Hall–Kier alpha value is -1.68. The first-order valence-corrected chi connectivity index (χ1v) is 4.88. The van der Waals surface area contributed by atoms with Crippen LogP contribution in [0.1, 0.15) is 9.67 Å². The smallest absolute Gasteiger partial charge is 0.162 e. The highest BCUT2D eigenvalue weighted by Crippen LogP contribution is 2.31. The van der Waals surface area contributed by atoms with Gasteiger partial charge in [-0.05, 0) is 23.8 Å². The zero-order valence-electron chi connectivity index (χ0n) is 7.31. The standard InChI is InChI=1S/C10H8N2OS/c11-8-5-9(14-10(8)6-13)7-1-3-12-4-2-7/h1-6H,11H2. The van der Waals surface area contributed by atoms with Gasteiger partial charge in [0.2, 0.25) is 0 Å². The summed E-state index contributed by atoms with van der Waals surface area (Å²) in [6.45, 7) is 0. The van der Waals surface area contributed by atoms with Crippen LogP contribution in [0.25, 0.3) is 10.4 Å². The van der Waals surface area contributed by atoms with Gasteiger partial charge in [0, 0.05) is 17.3 Å². The number of anilines is 1. The molecule has 0 fully saturated rings. The summed E-state index contributed by atoms with van der Waals surface area (Å²) in [5, 5.41) is 0. The molecule has 2 aromatic heterocycles. The van der Waals surface area contributed by atoms with E-state index in [0.717, 1.165) is 16.7 Å². The Morgan fingerprint density at radius 3 is 2.64 bits per heavy atom. The van der Waals surface area contributed by atoms with Gasteiger partial charge in [0.05, 0.1) is 10.6 Å². The van der Waals surface area contributed by atoms with Crippen molar-refractivity contribution in [3.8, 4) is 10.4 Å². The Balaban J connectivity index is 2.48. The SMILES string of the molecule is Nc1cc(-c2ccncc2)sc1C=O. The van der Waals surface area contributed by atoms with Crippen molar-refractivity contribution >= 4 is 23.3 Å². The molecule has 0 spiro atoms. The highest BCUT2D eigenvalue weighted by molar-refractivity contribution is 7.17. The number of carbonyl (C=O) groups excluding carboxylic acids is 1. The zero-order chi connectivity index (χ0) is 9.97. The van der Waals surface area contributed by atoms with Gasteiger partial charge in [-0.3, -0.25) is 9.78 Å². The van der Waals surface area contributed by atoms with Crippen molar-refractivity contribution in [2.24, 2.45) is 0 Å². The Bertz CT molecular complexity index is 450. The van der Waals surface area contributed by atoms with Gasteiger partial charge in [0.15, 0.2) is 6.29 Å². The van der Waals surface area contributed by atoms with Crippen LogP contribution in [0.5, 0.6) is 0 Å². The molecule has 4 heteroatoms. The van der Waals surface area contributed by atoms with Gasteiger partial charge in [-0.25, -0.2) is 0 Å². The average Bonchev–Trinajstić information content (AvgIpc) is 2.61. The number of hydrogen-bond donors (Lipinski definition) is 1. The van der Waals surface area contributed by atoms with Crippen molar-refractivity contribution in [1.29, 1.82) is 0 Å². The molecular formula is C10H8N2OS. The predicted molar refractivity (Wildman–Crippen MR) is 57.3 cm³/mol. The number of aromatic nitrogens is 1. The van der Waals surface area contributed by atoms with E-state index in [1.165, 1.54) is 11.3 Å². The number of thiophene rings is 1. The first-order chi connectivity index (χ1) is 6.81. The number of nitrogen functional groups attached to an aromatic ring is 1. The van der Waals surface area contributed by atoms with Crippen molar-refractivity contribution in [2.45, 2.75) is 0 Å². The topological polar surface area (TPSA) is 56.0 Å². The Morgan fingerprint density at radius 1 is 1.36 bits per heavy atom. The molecule has 70 valence electrons. The van der Waals surface area contributed by atoms with Crippen LogP contribution < -0.4 is 5.73 Å². The van der Waals surface area contributed by atoms with E-state index in [1.807, 2.05) is 18.2 Å². The second kappa shape index (κ2) is 3.59. The fraction of sp³-hybridized carbons (Fsp3) is 0. The number of hydrogen-bond acceptors (Lipinski definition) is 4. The largest absolute Gasteiger partial charge is 0.397 e. The van der Waals surface area contributed by atoms with Crippen LogP contribution >= 0.6 is 11.3 Å². The van der Waals surface area contributed by atoms with Gasteiger partial charge in [0.25, 0.3) is 0 Å². The van der Waals surface area contributed by atoms with E-state index in [2.05, 4.69) is 4.98 Å². The Labute approximate surface area is 85.2 Å². The molecule has 2 N–H and O–H groups in total. The minimum absolute atomic E-state index is 0.539. The van der Waals surface area contributed by atoms with Crippen LogP contribution in [0.15, 0.2) is 30.6 Å². The van der Waals surface area contributed by atoms with Gasteiger partial charge in [-0.1, -0.05) is 0 Å². The average molecular weight is 204 g/mol. The molecule has 3 nitrogen and oxygen atoms in total. The number of nitrogens with two attached hydrogens (primary N) is 1. The maximum absolute atomic E-state index is 10.6. The molecule has 14 heavy (non-hydrogen) atoms. The van der Waals surface area contributed by atoms with Crippen molar-refractivity contribution in [1.82, 2.24) is 4.98 Å². The molecule has 0 aliphatic heterocycles. The van der Waals surface area contributed by atoms with Gasteiger partial charge in [-0.2, -0.15) is 0 Å². The molecule has 0 aliphatic carbocycles. The molecule has 0 saturated carbocycles. The molecule has 0 radical (unpaired) electrons. The number of rotatable bonds is 2. The lowest BCUT2D eigenvalue weighted by molar-refractivity contribution is 0.112. The molecular weight excluding hydrogens is 196 g/mol. The summed E-state index contributed by atoms with van der Waals surface area (Å²) < 4.78 is 0. The highest BCUT2D eigenvalue weighted by atomic mass is 32.1. The lowest BCUT2D eigenvalue weighted by Crippen LogP contribution is -1.84. The first kappa shape index (κ1) is 8.90. The van der Waals surface area contributed by atoms with Crippen LogP contribution in [-0.4, -0.2) is 11.3 Å². The van der Waals surface area contributed by atoms with E-state index in [4.69, 9.17) is 5.73 Å². The first-order valence-electron chi connectivity index (χ1n) is 4.06.